The molecule has 1 atom stereocenters. The smallest absolute Gasteiger partial charge is 0.239 e. The topological polar surface area (TPSA) is 107 Å². The zero-order valence-corrected chi connectivity index (χ0v) is 10.6. The second-order valence-corrected chi connectivity index (χ2v) is 6.22. The minimum absolute atomic E-state index is 0.00212. The van der Waals surface area contributed by atoms with E-state index in [1.165, 1.54) is 17.1 Å². The Morgan fingerprint density at radius 2 is 2.29 bits per heavy atom. The molecule has 96 valence electrons. The highest BCUT2D eigenvalue weighted by molar-refractivity contribution is 7.90. The highest BCUT2D eigenvalue weighted by Crippen LogP contribution is 2.07. The molecule has 0 fully saturated rings. The van der Waals surface area contributed by atoms with Gasteiger partial charge in [0, 0.05) is 18.5 Å². The Morgan fingerprint density at radius 1 is 1.65 bits per heavy atom. The van der Waals surface area contributed by atoms with Gasteiger partial charge in [0.1, 0.15) is 16.4 Å². The predicted octanol–water partition coefficient (Wildman–Crippen LogP) is -0.787. The molecule has 0 aromatic carbocycles. The van der Waals surface area contributed by atoms with Gasteiger partial charge in [-0.2, -0.15) is 5.10 Å². The zero-order chi connectivity index (χ0) is 13.1. The Balaban J connectivity index is 2.57. The lowest BCUT2D eigenvalue weighted by molar-refractivity contribution is -0.118. The Kier molecular flexibility index (Phi) is 4.11. The standard InChI is InChI=1S/C9H16N4O3S/c1-7(6-17(2,15)16)12-8-3-11-13(4-8)5-9(10)14/h3-4,7,12H,5-6H2,1-2H3,(H2,10,14). The third kappa shape index (κ3) is 5.34. The van der Waals surface area contributed by atoms with E-state index in [2.05, 4.69) is 10.4 Å². The van der Waals surface area contributed by atoms with Gasteiger partial charge >= 0.3 is 0 Å². The first-order valence-electron chi connectivity index (χ1n) is 5.01. The van der Waals surface area contributed by atoms with Crippen LogP contribution in [0.4, 0.5) is 5.69 Å². The Bertz CT molecular complexity index is 494. The number of hydrogen-bond acceptors (Lipinski definition) is 5. The fourth-order valence-electron chi connectivity index (χ4n) is 1.46. The van der Waals surface area contributed by atoms with Crippen LogP contribution in [0.5, 0.6) is 0 Å². The number of sulfone groups is 1. The number of nitrogens with zero attached hydrogens (tertiary/aromatic N) is 2. The first-order valence-corrected chi connectivity index (χ1v) is 7.07. The average molecular weight is 260 g/mol. The van der Waals surface area contributed by atoms with Crippen molar-refractivity contribution >= 4 is 21.4 Å². The molecule has 0 aliphatic carbocycles. The summed E-state index contributed by atoms with van der Waals surface area (Å²) in [6.07, 6.45) is 4.30. The molecule has 0 spiro atoms. The SMILES string of the molecule is CC(CS(C)(=O)=O)Nc1cnn(CC(N)=O)c1. The van der Waals surface area contributed by atoms with Gasteiger partial charge in [-0.05, 0) is 6.92 Å². The van der Waals surface area contributed by atoms with Crippen molar-refractivity contribution in [1.82, 2.24) is 9.78 Å². The van der Waals surface area contributed by atoms with Crippen LogP contribution in [-0.4, -0.2) is 42.2 Å². The molecular weight excluding hydrogens is 244 g/mol. The molecule has 0 saturated carbocycles. The third-order valence-electron chi connectivity index (χ3n) is 1.92. The van der Waals surface area contributed by atoms with E-state index in [1.807, 2.05) is 0 Å². The molecule has 0 aliphatic rings. The monoisotopic (exact) mass is 260 g/mol. The highest BCUT2D eigenvalue weighted by atomic mass is 32.2. The van der Waals surface area contributed by atoms with Crippen LogP contribution in [0.1, 0.15) is 6.92 Å². The maximum atomic E-state index is 11.1. The molecule has 17 heavy (non-hydrogen) atoms. The van der Waals surface area contributed by atoms with Crippen LogP contribution in [-0.2, 0) is 21.2 Å². The Hall–Kier alpha value is -1.57. The van der Waals surface area contributed by atoms with E-state index in [1.54, 1.807) is 13.1 Å². The van der Waals surface area contributed by atoms with E-state index in [-0.39, 0.29) is 18.3 Å². The predicted molar refractivity (Wildman–Crippen MR) is 64.2 cm³/mol. The molecule has 1 heterocycles. The summed E-state index contributed by atoms with van der Waals surface area (Å²) in [6, 6.07) is -0.226. The van der Waals surface area contributed by atoms with E-state index in [9.17, 15) is 13.2 Å². The van der Waals surface area contributed by atoms with Gasteiger partial charge in [-0.1, -0.05) is 0 Å². The van der Waals surface area contributed by atoms with Crippen molar-refractivity contribution in [2.24, 2.45) is 5.73 Å². The molecule has 3 N–H and O–H groups in total. The molecule has 0 radical (unpaired) electrons. The number of rotatable bonds is 6. The second-order valence-electron chi connectivity index (χ2n) is 4.03. The number of anilines is 1. The van der Waals surface area contributed by atoms with Crippen molar-refractivity contribution in [2.45, 2.75) is 19.5 Å². The highest BCUT2D eigenvalue weighted by Gasteiger charge is 2.11. The van der Waals surface area contributed by atoms with Gasteiger partial charge in [-0.3, -0.25) is 9.48 Å². The Morgan fingerprint density at radius 3 is 2.82 bits per heavy atom. The van der Waals surface area contributed by atoms with E-state index in [0.717, 1.165) is 0 Å². The molecule has 1 amide bonds. The molecule has 1 aromatic rings. The van der Waals surface area contributed by atoms with Crippen molar-refractivity contribution in [1.29, 1.82) is 0 Å². The van der Waals surface area contributed by atoms with Crippen LogP contribution >= 0.6 is 0 Å². The summed E-state index contributed by atoms with van der Waals surface area (Å²) >= 11 is 0. The summed E-state index contributed by atoms with van der Waals surface area (Å²) < 4.78 is 23.5. The lowest BCUT2D eigenvalue weighted by atomic mass is 10.4. The van der Waals surface area contributed by atoms with Crippen molar-refractivity contribution in [3.05, 3.63) is 12.4 Å². The van der Waals surface area contributed by atoms with E-state index in [4.69, 9.17) is 5.73 Å². The number of carbonyl (C=O) groups is 1. The van der Waals surface area contributed by atoms with Gasteiger partial charge in [-0.25, -0.2) is 8.42 Å². The summed E-state index contributed by atoms with van der Waals surface area (Å²) in [5, 5.41) is 6.89. The minimum Gasteiger partial charge on any atom is -0.379 e. The number of primary amides is 1. The molecular formula is C9H16N4O3S. The van der Waals surface area contributed by atoms with Crippen LogP contribution in [0, 0.1) is 0 Å². The lowest BCUT2D eigenvalue weighted by Crippen LogP contribution is -2.24. The molecule has 8 heteroatoms. The number of carbonyl (C=O) groups excluding carboxylic acids is 1. The first kappa shape index (κ1) is 13.5. The van der Waals surface area contributed by atoms with Crippen LogP contribution in [0.25, 0.3) is 0 Å². The quantitative estimate of drug-likeness (QED) is 0.697. The van der Waals surface area contributed by atoms with Crippen LogP contribution in [0.2, 0.25) is 0 Å². The van der Waals surface area contributed by atoms with Crippen molar-refractivity contribution in [3.63, 3.8) is 0 Å². The molecule has 0 bridgehead atoms. The van der Waals surface area contributed by atoms with Gasteiger partial charge in [0.25, 0.3) is 0 Å². The number of nitrogens with one attached hydrogen (secondary N) is 1. The molecule has 0 saturated heterocycles. The molecule has 1 rings (SSSR count). The first-order chi connectivity index (χ1) is 7.76. The lowest BCUT2D eigenvalue weighted by Gasteiger charge is -2.11. The molecule has 7 nitrogen and oxygen atoms in total. The normalized spacial score (nSPS) is 13.3. The van der Waals surface area contributed by atoms with Crippen LogP contribution < -0.4 is 11.1 Å². The second kappa shape index (κ2) is 5.17. The average Bonchev–Trinajstić information content (AvgIpc) is 2.46. The van der Waals surface area contributed by atoms with E-state index >= 15 is 0 Å². The van der Waals surface area contributed by atoms with Crippen molar-refractivity contribution < 1.29 is 13.2 Å². The fraction of sp³-hybridized carbons (Fsp3) is 0.556. The van der Waals surface area contributed by atoms with E-state index < -0.39 is 15.7 Å². The van der Waals surface area contributed by atoms with Gasteiger partial charge in [0.2, 0.25) is 5.91 Å². The maximum absolute atomic E-state index is 11.1. The maximum Gasteiger partial charge on any atom is 0.239 e. The van der Waals surface area contributed by atoms with Crippen LogP contribution in [0.3, 0.4) is 0 Å². The van der Waals surface area contributed by atoms with Crippen molar-refractivity contribution in [3.8, 4) is 0 Å². The van der Waals surface area contributed by atoms with Gasteiger partial charge in [0.05, 0.1) is 17.6 Å². The summed E-state index contributed by atoms with van der Waals surface area (Å²) in [4.78, 5) is 10.6. The molecule has 1 aromatic heterocycles. The number of nitrogens with two attached hydrogens (primary N) is 1. The fourth-order valence-corrected chi connectivity index (χ4v) is 2.46. The van der Waals surface area contributed by atoms with Gasteiger partial charge in [0.15, 0.2) is 0 Å². The largest absolute Gasteiger partial charge is 0.379 e. The third-order valence-corrected chi connectivity index (χ3v) is 3.02. The van der Waals surface area contributed by atoms with Crippen LogP contribution in [0.15, 0.2) is 12.4 Å². The minimum atomic E-state index is -3.02. The van der Waals surface area contributed by atoms with Gasteiger partial charge in [-0.15, -0.1) is 0 Å². The Labute approximate surface area is 99.9 Å². The van der Waals surface area contributed by atoms with Gasteiger partial charge < -0.3 is 11.1 Å². The van der Waals surface area contributed by atoms with E-state index in [0.29, 0.717) is 5.69 Å². The van der Waals surface area contributed by atoms with Crippen molar-refractivity contribution in [2.75, 3.05) is 17.3 Å². The zero-order valence-electron chi connectivity index (χ0n) is 9.75. The summed E-state index contributed by atoms with van der Waals surface area (Å²) in [5.41, 5.74) is 5.67. The number of hydrogen-bond donors (Lipinski definition) is 2. The summed E-state index contributed by atoms with van der Waals surface area (Å²) in [7, 11) is -3.02. The number of aromatic nitrogens is 2. The summed E-state index contributed by atoms with van der Waals surface area (Å²) in [6.45, 7) is 1.76. The molecule has 0 aliphatic heterocycles. The molecule has 1 unspecified atom stereocenters. The summed E-state index contributed by atoms with van der Waals surface area (Å²) in [5.74, 6) is -0.447. The number of amides is 1.